The molecule has 1 aliphatic rings. The van der Waals surface area contributed by atoms with Crippen molar-refractivity contribution in [2.45, 2.75) is 6.42 Å². The molecule has 0 amide bonds. The number of hydrogen-bond acceptors (Lipinski definition) is 5. The van der Waals surface area contributed by atoms with E-state index in [0.29, 0.717) is 5.15 Å². The monoisotopic (exact) mass is 256 g/mol. The summed E-state index contributed by atoms with van der Waals surface area (Å²) in [5, 5.41) is 17.1. The van der Waals surface area contributed by atoms with Crippen LogP contribution in [0.5, 0.6) is 0 Å². The molecule has 0 aromatic carbocycles. The lowest BCUT2D eigenvalue weighted by Gasteiger charge is -2.35. The molecular weight excluding hydrogens is 240 g/mol. The first kappa shape index (κ1) is 12.5. The maximum absolute atomic E-state index is 8.79. The number of anilines is 1. The van der Waals surface area contributed by atoms with Gasteiger partial charge in [0.2, 0.25) is 0 Å². The quantitative estimate of drug-likeness (QED) is 0.857. The predicted octanol–water partition coefficient (Wildman–Crippen LogP) is 0.634. The first-order valence-corrected chi connectivity index (χ1v) is 6.25. The summed E-state index contributed by atoms with van der Waals surface area (Å²) >= 11 is 5.71. The lowest BCUT2D eigenvalue weighted by Crippen LogP contribution is -2.47. The van der Waals surface area contributed by atoms with E-state index >= 15 is 0 Å². The molecular formula is C11H17ClN4O. The number of hydrogen-bond donors (Lipinski definition) is 1. The molecule has 0 unspecified atom stereocenters. The average Bonchev–Trinajstić information content (AvgIpc) is 2.38. The molecule has 2 heterocycles. The van der Waals surface area contributed by atoms with E-state index in [1.54, 1.807) is 6.07 Å². The fraction of sp³-hybridized carbons (Fsp3) is 0.636. The Balaban J connectivity index is 1.84. The molecule has 0 radical (unpaired) electrons. The second kappa shape index (κ2) is 6.14. The van der Waals surface area contributed by atoms with Gasteiger partial charge in [0.1, 0.15) is 0 Å². The first-order chi connectivity index (χ1) is 8.29. The zero-order valence-corrected chi connectivity index (χ0v) is 10.5. The highest BCUT2D eigenvalue weighted by Gasteiger charge is 2.17. The first-order valence-electron chi connectivity index (χ1n) is 5.87. The SMILES string of the molecule is OCCCN1CCN(c2ccc(Cl)nn2)CC1. The lowest BCUT2D eigenvalue weighted by atomic mass is 10.3. The number of piperazine rings is 1. The summed E-state index contributed by atoms with van der Waals surface area (Å²) in [6, 6.07) is 3.67. The van der Waals surface area contributed by atoms with Gasteiger partial charge in [0.25, 0.3) is 0 Å². The molecule has 0 aliphatic carbocycles. The van der Waals surface area contributed by atoms with Gasteiger partial charge in [-0.1, -0.05) is 11.6 Å². The molecule has 94 valence electrons. The molecule has 1 saturated heterocycles. The van der Waals surface area contributed by atoms with E-state index < -0.39 is 0 Å². The van der Waals surface area contributed by atoms with Crippen molar-refractivity contribution in [3.63, 3.8) is 0 Å². The van der Waals surface area contributed by atoms with E-state index in [4.69, 9.17) is 16.7 Å². The molecule has 0 spiro atoms. The van der Waals surface area contributed by atoms with Crippen molar-refractivity contribution in [2.24, 2.45) is 0 Å². The van der Waals surface area contributed by atoms with Crippen LogP contribution in [-0.2, 0) is 0 Å². The van der Waals surface area contributed by atoms with Gasteiger partial charge in [0, 0.05) is 39.3 Å². The minimum atomic E-state index is 0.267. The molecule has 1 aromatic rings. The zero-order chi connectivity index (χ0) is 12.1. The van der Waals surface area contributed by atoms with Gasteiger partial charge in [0.05, 0.1) is 0 Å². The van der Waals surface area contributed by atoms with Crippen LogP contribution in [-0.4, -0.2) is 59.5 Å². The summed E-state index contributed by atoms with van der Waals surface area (Å²) in [5.74, 6) is 0.885. The van der Waals surface area contributed by atoms with Crippen LogP contribution in [0.15, 0.2) is 12.1 Å². The normalized spacial score (nSPS) is 17.4. The number of nitrogens with zero attached hydrogens (tertiary/aromatic N) is 4. The van der Waals surface area contributed by atoms with Gasteiger partial charge in [-0.25, -0.2) is 0 Å². The van der Waals surface area contributed by atoms with Crippen molar-refractivity contribution < 1.29 is 5.11 Å². The third-order valence-electron chi connectivity index (χ3n) is 2.95. The van der Waals surface area contributed by atoms with Crippen LogP contribution >= 0.6 is 11.6 Å². The molecule has 1 aromatic heterocycles. The molecule has 0 atom stereocenters. The Morgan fingerprint density at radius 2 is 1.94 bits per heavy atom. The second-order valence-corrected chi connectivity index (χ2v) is 4.51. The predicted molar refractivity (Wildman–Crippen MR) is 67.4 cm³/mol. The third-order valence-corrected chi connectivity index (χ3v) is 3.15. The lowest BCUT2D eigenvalue weighted by molar-refractivity contribution is 0.215. The molecule has 1 aliphatic heterocycles. The minimum absolute atomic E-state index is 0.267. The number of aliphatic hydroxyl groups is 1. The van der Waals surface area contributed by atoms with Gasteiger partial charge in [-0.15, -0.1) is 10.2 Å². The number of halogens is 1. The average molecular weight is 257 g/mol. The van der Waals surface area contributed by atoms with Crippen LogP contribution in [0, 0.1) is 0 Å². The molecule has 17 heavy (non-hydrogen) atoms. The summed E-state index contributed by atoms with van der Waals surface area (Å²) in [7, 11) is 0. The van der Waals surface area contributed by atoms with Gasteiger partial charge in [-0.2, -0.15) is 0 Å². The Morgan fingerprint density at radius 1 is 1.18 bits per heavy atom. The van der Waals surface area contributed by atoms with Gasteiger partial charge >= 0.3 is 0 Å². The number of rotatable bonds is 4. The van der Waals surface area contributed by atoms with E-state index in [9.17, 15) is 0 Å². The summed E-state index contributed by atoms with van der Waals surface area (Å²) in [5.41, 5.74) is 0. The third kappa shape index (κ3) is 3.52. The van der Waals surface area contributed by atoms with Crippen molar-refractivity contribution in [1.82, 2.24) is 15.1 Å². The standard InChI is InChI=1S/C11H17ClN4O/c12-10-2-3-11(14-13-10)16-7-5-15(6-8-16)4-1-9-17/h2-3,17H,1,4-9H2. The van der Waals surface area contributed by atoms with Gasteiger partial charge < -0.3 is 10.0 Å². The molecule has 2 rings (SSSR count). The maximum atomic E-state index is 8.79. The summed E-state index contributed by atoms with van der Waals surface area (Å²) in [6.45, 7) is 5.14. The highest BCUT2D eigenvalue weighted by Crippen LogP contribution is 2.14. The fourth-order valence-corrected chi connectivity index (χ4v) is 2.07. The van der Waals surface area contributed by atoms with E-state index in [2.05, 4.69) is 20.0 Å². The Labute approximate surface area is 106 Å². The Bertz CT molecular complexity index is 338. The Morgan fingerprint density at radius 3 is 2.53 bits per heavy atom. The molecule has 1 N–H and O–H groups in total. The second-order valence-electron chi connectivity index (χ2n) is 4.12. The van der Waals surface area contributed by atoms with E-state index in [-0.39, 0.29) is 6.61 Å². The summed E-state index contributed by atoms with van der Waals surface area (Å²) in [4.78, 5) is 4.56. The van der Waals surface area contributed by atoms with Gasteiger partial charge in [-0.05, 0) is 18.6 Å². The van der Waals surface area contributed by atoms with Crippen LogP contribution in [0.25, 0.3) is 0 Å². The molecule has 0 bridgehead atoms. The van der Waals surface area contributed by atoms with Crippen LogP contribution in [0.3, 0.4) is 0 Å². The van der Waals surface area contributed by atoms with Crippen molar-refractivity contribution >= 4 is 17.4 Å². The van der Waals surface area contributed by atoms with Gasteiger partial charge in [-0.3, -0.25) is 4.90 Å². The van der Waals surface area contributed by atoms with E-state index in [0.717, 1.165) is 45.0 Å². The topological polar surface area (TPSA) is 52.5 Å². The van der Waals surface area contributed by atoms with Crippen molar-refractivity contribution in [3.8, 4) is 0 Å². The van der Waals surface area contributed by atoms with Gasteiger partial charge in [0.15, 0.2) is 11.0 Å². The minimum Gasteiger partial charge on any atom is -0.396 e. The maximum Gasteiger partial charge on any atom is 0.151 e. The Hall–Kier alpha value is -0.910. The van der Waals surface area contributed by atoms with Crippen LogP contribution in [0.4, 0.5) is 5.82 Å². The van der Waals surface area contributed by atoms with Crippen molar-refractivity contribution in [3.05, 3.63) is 17.3 Å². The molecule has 0 saturated carbocycles. The van der Waals surface area contributed by atoms with E-state index in [1.165, 1.54) is 0 Å². The smallest absolute Gasteiger partial charge is 0.151 e. The van der Waals surface area contributed by atoms with Crippen molar-refractivity contribution in [1.29, 1.82) is 0 Å². The zero-order valence-electron chi connectivity index (χ0n) is 9.72. The van der Waals surface area contributed by atoms with Crippen LogP contribution in [0.2, 0.25) is 5.15 Å². The van der Waals surface area contributed by atoms with Crippen molar-refractivity contribution in [2.75, 3.05) is 44.2 Å². The fourth-order valence-electron chi connectivity index (χ4n) is 1.97. The summed E-state index contributed by atoms with van der Waals surface area (Å²) < 4.78 is 0. The summed E-state index contributed by atoms with van der Waals surface area (Å²) in [6.07, 6.45) is 0.848. The largest absolute Gasteiger partial charge is 0.396 e. The molecule has 1 fully saturated rings. The van der Waals surface area contributed by atoms with Crippen LogP contribution < -0.4 is 4.90 Å². The highest BCUT2D eigenvalue weighted by atomic mass is 35.5. The van der Waals surface area contributed by atoms with Crippen LogP contribution in [0.1, 0.15) is 6.42 Å². The molecule has 6 heteroatoms. The highest BCUT2D eigenvalue weighted by molar-refractivity contribution is 6.29. The number of aromatic nitrogens is 2. The number of aliphatic hydroxyl groups excluding tert-OH is 1. The molecule has 5 nitrogen and oxygen atoms in total. The van der Waals surface area contributed by atoms with E-state index in [1.807, 2.05) is 6.07 Å². The Kier molecular flexibility index (Phi) is 4.53.